The molecule has 2 aliphatic rings. The lowest BCUT2D eigenvalue weighted by Crippen LogP contribution is -2.54. The smallest absolute Gasteiger partial charge is 0.239 e. The molecule has 2 atom stereocenters. The third-order valence-corrected chi connectivity index (χ3v) is 5.26. The molecule has 2 heterocycles. The van der Waals surface area contributed by atoms with Crippen LogP contribution in [0.4, 0.5) is 10.1 Å². The second kappa shape index (κ2) is 7.49. The van der Waals surface area contributed by atoms with Gasteiger partial charge in [0, 0.05) is 45.0 Å². The Morgan fingerprint density at radius 1 is 1.21 bits per heavy atom. The van der Waals surface area contributed by atoms with Gasteiger partial charge in [-0.15, -0.1) is 0 Å². The van der Waals surface area contributed by atoms with E-state index < -0.39 is 0 Å². The van der Waals surface area contributed by atoms with Crippen molar-refractivity contribution in [2.75, 3.05) is 50.8 Å². The monoisotopic (exact) mass is 335 g/mol. The Morgan fingerprint density at radius 3 is 2.46 bits per heavy atom. The summed E-state index contributed by atoms with van der Waals surface area (Å²) in [5.74, 6) is 0.246. The molecule has 1 aromatic carbocycles. The zero-order valence-corrected chi connectivity index (χ0v) is 14.2. The summed E-state index contributed by atoms with van der Waals surface area (Å²) < 4.78 is 13.0. The molecular formula is C18H26FN3O2. The molecule has 1 N–H and O–H groups in total. The highest BCUT2D eigenvalue weighted by molar-refractivity contribution is 5.81. The maximum atomic E-state index is 13.0. The van der Waals surface area contributed by atoms with Crippen molar-refractivity contribution < 1.29 is 14.3 Å². The molecule has 2 aliphatic heterocycles. The summed E-state index contributed by atoms with van der Waals surface area (Å²) in [4.78, 5) is 19.0. The van der Waals surface area contributed by atoms with E-state index in [9.17, 15) is 14.3 Å². The standard InChI is InChI=1S/C18H26FN3O2/c1-14(22-7-6-15(12-22)13-23)18(24)21-10-8-20(9-11-21)17-4-2-16(19)3-5-17/h2-5,14-15,23H,6-13H2,1H3. The van der Waals surface area contributed by atoms with Gasteiger partial charge < -0.3 is 14.9 Å². The maximum absolute atomic E-state index is 13.0. The highest BCUT2D eigenvalue weighted by atomic mass is 19.1. The zero-order valence-electron chi connectivity index (χ0n) is 14.2. The van der Waals surface area contributed by atoms with Gasteiger partial charge in [0.2, 0.25) is 5.91 Å². The normalized spacial score (nSPS) is 23.5. The summed E-state index contributed by atoms with van der Waals surface area (Å²) in [6.45, 7) is 6.77. The number of nitrogens with zero attached hydrogens (tertiary/aromatic N) is 3. The number of carbonyl (C=O) groups excluding carboxylic acids is 1. The average molecular weight is 335 g/mol. The topological polar surface area (TPSA) is 47.0 Å². The van der Waals surface area contributed by atoms with Crippen LogP contribution in [0.5, 0.6) is 0 Å². The minimum absolute atomic E-state index is 0.126. The first-order valence-corrected chi connectivity index (χ1v) is 8.72. The van der Waals surface area contributed by atoms with Crippen molar-refractivity contribution in [2.45, 2.75) is 19.4 Å². The molecular weight excluding hydrogens is 309 g/mol. The third kappa shape index (κ3) is 3.70. The second-order valence-electron chi connectivity index (χ2n) is 6.80. The lowest BCUT2D eigenvalue weighted by atomic mass is 10.1. The number of rotatable bonds is 4. The number of aliphatic hydroxyl groups is 1. The quantitative estimate of drug-likeness (QED) is 0.898. The first-order valence-electron chi connectivity index (χ1n) is 8.72. The highest BCUT2D eigenvalue weighted by Gasteiger charge is 2.32. The Labute approximate surface area is 142 Å². The number of aliphatic hydroxyl groups excluding tert-OH is 1. The fourth-order valence-electron chi connectivity index (χ4n) is 3.62. The molecule has 2 saturated heterocycles. The van der Waals surface area contributed by atoms with Crippen LogP contribution in [-0.4, -0.2) is 72.7 Å². The Hall–Kier alpha value is -1.66. The van der Waals surface area contributed by atoms with Crippen LogP contribution in [0.1, 0.15) is 13.3 Å². The Bertz CT molecular complexity index is 558. The summed E-state index contributed by atoms with van der Waals surface area (Å²) in [7, 11) is 0. The zero-order chi connectivity index (χ0) is 17.1. The summed E-state index contributed by atoms with van der Waals surface area (Å²) >= 11 is 0. The number of amides is 1. The molecule has 0 bridgehead atoms. The third-order valence-electron chi connectivity index (χ3n) is 5.26. The van der Waals surface area contributed by atoms with E-state index in [1.54, 1.807) is 12.1 Å². The van der Waals surface area contributed by atoms with Gasteiger partial charge in [0.25, 0.3) is 0 Å². The van der Waals surface area contributed by atoms with E-state index in [1.165, 1.54) is 12.1 Å². The van der Waals surface area contributed by atoms with E-state index in [4.69, 9.17) is 0 Å². The van der Waals surface area contributed by atoms with Crippen molar-refractivity contribution in [3.05, 3.63) is 30.1 Å². The molecule has 0 aliphatic carbocycles. The van der Waals surface area contributed by atoms with E-state index in [-0.39, 0.29) is 24.4 Å². The lowest BCUT2D eigenvalue weighted by Gasteiger charge is -2.38. The predicted octanol–water partition coefficient (Wildman–Crippen LogP) is 1.18. The number of hydrogen-bond acceptors (Lipinski definition) is 4. The summed E-state index contributed by atoms with van der Waals surface area (Å²) in [6.07, 6.45) is 0.965. The number of carbonyl (C=O) groups is 1. The molecule has 1 aromatic rings. The van der Waals surface area contributed by atoms with E-state index in [0.29, 0.717) is 19.0 Å². The molecule has 5 nitrogen and oxygen atoms in total. The van der Waals surface area contributed by atoms with Crippen molar-refractivity contribution in [3.63, 3.8) is 0 Å². The fourth-order valence-corrected chi connectivity index (χ4v) is 3.62. The number of halogens is 1. The summed E-state index contributed by atoms with van der Waals surface area (Å²) in [5.41, 5.74) is 1.00. The molecule has 132 valence electrons. The maximum Gasteiger partial charge on any atom is 0.239 e. The van der Waals surface area contributed by atoms with Gasteiger partial charge in [-0.1, -0.05) is 0 Å². The fraction of sp³-hybridized carbons (Fsp3) is 0.611. The van der Waals surface area contributed by atoms with Crippen LogP contribution in [0.25, 0.3) is 0 Å². The second-order valence-corrected chi connectivity index (χ2v) is 6.80. The van der Waals surface area contributed by atoms with Gasteiger partial charge in [-0.05, 0) is 50.1 Å². The van der Waals surface area contributed by atoms with Crippen LogP contribution < -0.4 is 4.90 Å². The molecule has 6 heteroatoms. The molecule has 2 fully saturated rings. The van der Waals surface area contributed by atoms with E-state index in [0.717, 1.165) is 38.3 Å². The van der Waals surface area contributed by atoms with Gasteiger partial charge in [0.1, 0.15) is 5.82 Å². The molecule has 0 radical (unpaired) electrons. The van der Waals surface area contributed by atoms with Crippen molar-refractivity contribution >= 4 is 11.6 Å². The molecule has 0 saturated carbocycles. The lowest BCUT2D eigenvalue weighted by molar-refractivity contribution is -0.136. The minimum Gasteiger partial charge on any atom is -0.396 e. The SMILES string of the molecule is CC(C(=O)N1CCN(c2ccc(F)cc2)CC1)N1CCC(CO)C1. The van der Waals surface area contributed by atoms with Gasteiger partial charge >= 0.3 is 0 Å². The summed E-state index contributed by atoms with van der Waals surface area (Å²) in [5, 5.41) is 9.26. The first kappa shape index (κ1) is 17.2. The van der Waals surface area contributed by atoms with Crippen molar-refractivity contribution in [1.29, 1.82) is 0 Å². The molecule has 0 aromatic heterocycles. The van der Waals surface area contributed by atoms with Crippen LogP contribution in [0.2, 0.25) is 0 Å². The molecule has 24 heavy (non-hydrogen) atoms. The highest BCUT2D eigenvalue weighted by Crippen LogP contribution is 2.21. The Kier molecular flexibility index (Phi) is 5.36. The van der Waals surface area contributed by atoms with Gasteiger partial charge in [-0.2, -0.15) is 0 Å². The number of anilines is 1. The van der Waals surface area contributed by atoms with Gasteiger partial charge in [-0.3, -0.25) is 9.69 Å². The predicted molar refractivity (Wildman–Crippen MR) is 91.4 cm³/mol. The minimum atomic E-state index is -0.229. The van der Waals surface area contributed by atoms with Crippen molar-refractivity contribution in [3.8, 4) is 0 Å². The summed E-state index contributed by atoms with van der Waals surface area (Å²) in [6, 6.07) is 6.39. The number of benzene rings is 1. The first-order chi connectivity index (χ1) is 11.6. The number of hydrogen-bond donors (Lipinski definition) is 1. The number of piperazine rings is 1. The molecule has 3 rings (SSSR count). The average Bonchev–Trinajstić information content (AvgIpc) is 3.10. The van der Waals surface area contributed by atoms with Crippen LogP contribution in [0.15, 0.2) is 24.3 Å². The van der Waals surface area contributed by atoms with Gasteiger partial charge in [-0.25, -0.2) is 4.39 Å². The number of likely N-dealkylation sites (tertiary alicyclic amines) is 1. The van der Waals surface area contributed by atoms with Crippen LogP contribution in [-0.2, 0) is 4.79 Å². The Balaban J connectivity index is 1.52. The van der Waals surface area contributed by atoms with Crippen LogP contribution in [0.3, 0.4) is 0 Å². The van der Waals surface area contributed by atoms with E-state index >= 15 is 0 Å². The Morgan fingerprint density at radius 2 is 1.88 bits per heavy atom. The van der Waals surface area contributed by atoms with Crippen molar-refractivity contribution in [1.82, 2.24) is 9.80 Å². The molecule has 2 unspecified atom stereocenters. The largest absolute Gasteiger partial charge is 0.396 e. The van der Waals surface area contributed by atoms with E-state index in [2.05, 4.69) is 9.80 Å². The van der Waals surface area contributed by atoms with Gasteiger partial charge in [0.05, 0.1) is 6.04 Å². The van der Waals surface area contributed by atoms with Crippen molar-refractivity contribution in [2.24, 2.45) is 5.92 Å². The van der Waals surface area contributed by atoms with Gasteiger partial charge in [0.15, 0.2) is 0 Å². The van der Waals surface area contributed by atoms with Crippen LogP contribution >= 0.6 is 0 Å². The molecule has 0 spiro atoms. The van der Waals surface area contributed by atoms with Crippen LogP contribution in [0, 0.1) is 11.7 Å². The molecule has 1 amide bonds. The van der Waals surface area contributed by atoms with E-state index in [1.807, 2.05) is 11.8 Å².